The van der Waals surface area contributed by atoms with Gasteiger partial charge in [-0.25, -0.2) is 0 Å². The third kappa shape index (κ3) is 13.9. The molecule has 0 heterocycles. The summed E-state index contributed by atoms with van der Waals surface area (Å²) < 4.78 is 35.8. The Morgan fingerprint density at radius 3 is 2.28 bits per heavy atom. The number of rotatable bonds is 6. The molecule has 0 aromatic rings. The normalized spacial score (nSPS) is 12.3. The Hall–Kier alpha value is -0.210. The summed E-state index contributed by atoms with van der Waals surface area (Å²) in [5.41, 5.74) is 0. The Labute approximate surface area is 124 Å². The summed E-state index contributed by atoms with van der Waals surface area (Å²) in [6, 6.07) is 0. The van der Waals surface area contributed by atoms with Gasteiger partial charge in [-0.2, -0.15) is 13.2 Å². The van der Waals surface area contributed by atoms with Crippen molar-refractivity contribution in [3.05, 3.63) is 0 Å². The van der Waals surface area contributed by atoms with Crippen molar-refractivity contribution in [3.8, 4) is 0 Å². The van der Waals surface area contributed by atoms with Gasteiger partial charge < -0.3 is 10.6 Å². The van der Waals surface area contributed by atoms with E-state index >= 15 is 0 Å². The average Bonchev–Trinajstić information content (AvgIpc) is 2.15. The predicted octanol–water partition coefficient (Wildman–Crippen LogP) is 3.16. The van der Waals surface area contributed by atoms with Gasteiger partial charge in [0.1, 0.15) is 0 Å². The minimum Gasteiger partial charge on any atom is -0.357 e. The van der Waals surface area contributed by atoms with Crippen LogP contribution in [0.25, 0.3) is 0 Å². The number of hydrogen-bond donors (Lipinski definition) is 2. The number of aliphatic imine (C=N–C) groups is 1. The topological polar surface area (TPSA) is 36.4 Å². The molecule has 0 saturated heterocycles. The first kappa shape index (κ1) is 20.1. The van der Waals surface area contributed by atoms with Crippen LogP contribution in [0, 0.1) is 5.92 Å². The van der Waals surface area contributed by atoms with Crippen LogP contribution in [0.1, 0.15) is 33.6 Å². The molecule has 0 fully saturated rings. The number of guanidine groups is 1. The second-order valence-corrected chi connectivity index (χ2v) is 4.24. The van der Waals surface area contributed by atoms with Crippen molar-refractivity contribution in [1.82, 2.24) is 10.6 Å². The molecule has 0 bridgehead atoms. The molecule has 0 aliphatic rings. The van der Waals surface area contributed by atoms with Crippen molar-refractivity contribution in [2.45, 2.75) is 39.8 Å². The highest BCUT2D eigenvalue weighted by atomic mass is 127. The van der Waals surface area contributed by atoms with Crippen LogP contribution >= 0.6 is 24.0 Å². The largest absolute Gasteiger partial charge is 0.390 e. The molecule has 0 spiro atoms. The second kappa shape index (κ2) is 10.7. The molecule has 110 valence electrons. The van der Waals surface area contributed by atoms with Crippen molar-refractivity contribution in [1.29, 1.82) is 0 Å². The minimum atomic E-state index is -4.12. The fraction of sp³-hybridized carbons (Fsp3) is 0.909. The monoisotopic (exact) mass is 381 g/mol. The molecule has 0 amide bonds. The Morgan fingerprint density at radius 1 is 1.22 bits per heavy atom. The maximum absolute atomic E-state index is 11.9. The van der Waals surface area contributed by atoms with Gasteiger partial charge in [-0.1, -0.05) is 13.8 Å². The van der Waals surface area contributed by atoms with Gasteiger partial charge in [-0.15, -0.1) is 24.0 Å². The van der Waals surface area contributed by atoms with E-state index in [2.05, 4.69) is 29.5 Å². The quantitative estimate of drug-likeness (QED) is 0.421. The van der Waals surface area contributed by atoms with Gasteiger partial charge >= 0.3 is 6.18 Å². The lowest BCUT2D eigenvalue weighted by atomic mass is 10.1. The molecular formula is C11H23F3IN3. The van der Waals surface area contributed by atoms with Gasteiger partial charge in [-0.3, -0.25) is 4.99 Å². The van der Waals surface area contributed by atoms with Gasteiger partial charge in [0.2, 0.25) is 0 Å². The zero-order chi connectivity index (χ0) is 13.3. The summed E-state index contributed by atoms with van der Waals surface area (Å²) in [6.45, 7) is 7.16. The van der Waals surface area contributed by atoms with Crippen LogP contribution in [0.15, 0.2) is 4.99 Å². The SMILES string of the molecule is CCNC(=NCCC(C)C)NCCC(F)(F)F.I. The Bertz CT molecular complexity index is 230. The maximum Gasteiger partial charge on any atom is 0.390 e. The molecule has 0 rings (SSSR count). The number of halogens is 4. The summed E-state index contributed by atoms with van der Waals surface area (Å²) in [5.74, 6) is 0.995. The van der Waals surface area contributed by atoms with E-state index < -0.39 is 12.6 Å². The van der Waals surface area contributed by atoms with Gasteiger partial charge in [-0.05, 0) is 19.3 Å². The van der Waals surface area contributed by atoms with Gasteiger partial charge in [0.15, 0.2) is 5.96 Å². The smallest absolute Gasteiger partial charge is 0.357 e. The highest BCUT2D eigenvalue weighted by Crippen LogP contribution is 2.17. The second-order valence-electron chi connectivity index (χ2n) is 4.24. The Morgan fingerprint density at radius 2 is 1.83 bits per heavy atom. The fourth-order valence-corrected chi connectivity index (χ4v) is 1.10. The van der Waals surface area contributed by atoms with E-state index in [1.807, 2.05) is 6.92 Å². The summed E-state index contributed by atoms with van der Waals surface area (Å²) in [6.07, 6.45) is -4.04. The number of hydrogen-bond acceptors (Lipinski definition) is 1. The standard InChI is InChI=1S/C11H22F3N3.HI/c1-4-15-10(16-7-5-9(2)3)17-8-6-11(12,13)14;/h9H,4-8H2,1-3H3,(H2,15,16,17);1H. The third-order valence-electron chi connectivity index (χ3n) is 2.02. The minimum absolute atomic E-state index is 0. The molecule has 0 radical (unpaired) electrons. The van der Waals surface area contributed by atoms with E-state index in [4.69, 9.17) is 0 Å². The summed E-state index contributed by atoms with van der Waals surface area (Å²) >= 11 is 0. The third-order valence-corrected chi connectivity index (χ3v) is 2.02. The molecule has 0 atom stereocenters. The molecule has 0 aromatic heterocycles. The van der Waals surface area contributed by atoms with E-state index in [0.717, 1.165) is 6.42 Å². The molecule has 18 heavy (non-hydrogen) atoms. The van der Waals surface area contributed by atoms with Crippen LogP contribution in [-0.2, 0) is 0 Å². The maximum atomic E-state index is 11.9. The van der Waals surface area contributed by atoms with E-state index in [9.17, 15) is 13.2 Å². The molecule has 2 N–H and O–H groups in total. The van der Waals surface area contributed by atoms with E-state index in [0.29, 0.717) is 25.0 Å². The zero-order valence-corrected chi connectivity index (χ0v) is 13.4. The summed E-state index contributed by atoms with van der Waals surface area (Å²) in [4.78, 5) is 4.20. The molecule has 0 saturated carbocycles. The first-order valence-electron chi connectivity index (χ1n) is 5.94. The molecule has 7 heteroatoms. The highest BCUT2D eigenvalue weighted by molar-refractivity contribution is 14.0. The lowest BCUT2D eigenvalue weighted by molar-refractivity contribution is -0.132. The predicted molar refractivity (Wildman–Crippen MR) is 79.5 cm³/mol. The van der Waals surface area contributed by atoms with Crippen molar-refractivity contribution in [2.24, 2.45) is 10.9 Å². The summed E-state index contributed by atoms with van der Waals surface area (Å²) in [7, 11) is 0. The first-order valence-corrected chi connectivity index (χ1v) is 5.94. The van der Waals surface area contributed by atoms with Gasteiger partial charge in [0.05, 0.1) is 6.42 Å². The van der Waals surface area contributed by atoms with Gasteiger partial charge in [0.25, 0.3) is 0 Å². The average molecular weight is 381 g/mol. The van der Waals surface area contributed by atoms with Crippen LogP contribution in [0.3, 0.4) is 0 Å². The van der Waals surface area contributed by atoms with Crippen molar-refractivity contribution in [2.75, 3.05) is 19.6 Å². The Balaban J connectivity index is 0. The Kier molecular flexibility index (Phi) is 11.9. The lowest BCUT2D eigenvalue weighted by Crippen LogP contribution is -2.39. The molecule has 3 nitrogen and oxygen atoms in total. The van der Waals surface area contributed by atoms with Crippen molar-refractivity contribution >= 4 is 29.9 Å². The number of nitrogens with zero attached hydrogens (tertiary/aromatic N) is 1. The van der Waals surface area contributed by atoms with Crippen molar-refractivity contribution < 1.29 is 13.2 Å². The zero-order valence-electron chi connectivity index (χ0n) is 11.1. The molecular weight excluding hydrogens is 358 g/mol. The molecule has 0 aliphatic carbocycles. The van der Waals surface area contributed by atoms with Crippen LogP contribution < -0.4 is 10.6 Å². The fourth-order valence-electron chi connectivity index (χ4n) is 1.10. The molecule has 0 aromatic carbocycles. The van der Waals surface area contributed by atoms with Crippen LogP contribution in [0.4, 0.5) is 13.2 Å². The van der Waals surface area contributed by atoms with Crippen molar-refractivity contribution in [3.63, 3.8) is 0 Å². The van der Waals surface area contributed by atoms with E-state index in [-0.39, 0.29) is 30.5 Å². The highest BCUT2D eigenvalue weighted by Gasteiger charge is 2.26. The van der Waals surface area contributed by atoms with Crippen LogP contribution in [-0.4, -0.2) is 31.8 Å². The lowest BCUT2D eigenvalue weighted by Gasteiger charge is -2.12. The van der Waals surface area contributed by atoms with Crippen LogP contribution in [0.5, 0.6) is 0 Å². The summed E-state index contributed by atoms with van der Waals surface area (Å²) in [5, 5.41) is 5.58. The van der Waals surface area contributed by atoms with E-state index in [1.165, 1.54) is 0 Å². The van der Waals surface area contributed by atoms with E-state index in [1.54, 1.807) is 0 Å². The number of alkyl halides is 3. The number of nitrogens with one attached hydrogen (secondary N) is 2. The molecule has 0 aliphatic heterocycles. The first-order chi connectivity index (χ1) is 7.85. The van der Waals surface area contributed by atoms with Crippen LogP contribution in [0.2, 0.25) is 0 Å². The van der Waals surface area contributed by atoms with Gasteiger partial charge in [0, 0.05) is 19.6 Å². The molecule has 0 unspecified atom stereocenters.